The quantitative estimate of drug-likeness (QED) is 0.181. The molecule has 0 saturated heterocycles. The summed E-state index contributed by atoms with van der Waals surface area (Å²) in [5.74, 6) is 4.50. The van der Waals surface area contributed by atoms with E-state index in [0.717, 1.165) is 80.6 Å². The van der Waals surface area contributed by atoms with Gasteiger partial charge in [-0.25, -0.2) is 0 Å². The van der Waals surface area contributed by atoms with Gasteiger partial charge in [0.05, 0.1) is 5.69 Å². The minimum atomic E-state index is -0.0157. The van der Waals surface area contributed by atoms with Gasteiger partial charge in [-0.1, -0.05) is 78.9 Å². The highest BCUT2D eigenvalue weighted by molar-refractivity contribution is 7.25. The monoisotopic (exact) mass is 635 g/mol. The molecule has 0 spiro atoms. The number of thiophene rings is 1. The second-order valence-electron chi connectivity index (χ2n) is 12.7. The third-order valence-corrected chi connectivity index (χ3v) is 11.2. The lowest BCUT2D eigenvalue weighted by Gasteiger charge is -2.34. The average Bonchev–Trinajstić information content (AvgIpc) is 3.69. The minimum absolute atomic E-state index is 0.0157. The lowest BCUT2D eigenvalue weighted by Crippen LogP contribution is -2.57. The number of furan rings is 1. The lowest BCUT2D eigenvalue weighted by atomic mass is 9.35. The number of hydrogen-bond acceptors (Lipinski definition) is 5. The van der Waals surface area contributed by atoms with Crippen LogP contribution in [0.5, 0.6) is 23.0 Å². The number of aryl methyl sites for hydroxylation is 1. The van der Waals surface area contributed by atoms with Gasteiger partial charge in [-0.2, -0.15) is 0 Å². The first-order valence-corrected chi connectivity index (χ1v) is 17.2. The number of anilines is 3. The number of rotatable bonds is 3. The van der Waals surface area contributed by atoms with Gasteiger partial charge < -0.3 is 18.8 Å². The summed E-state index contributed by atoms with van der Waals surface area (Å²) < 4.78 is 22.5. The van der Waals surface area contributed by atoms with Gasteiger partial charge in [0.2, 0.25) is 0 Å². The van der Waals surface area contributed by atoms with Gasteiger partial charge in [-0.15, -0.1) is 11.3 Å². The maximum atomic E-state index is 6.76. The van der Waals surface area contributed by atoms with Gasteiger partial charge in [-0.3, -0.25) is 0 Å². The molecular formula is C42H26BNO3S. The Labute approximate surface area is 281 Å². The zero-order valence-electron chi connectivity index (χ0n) is 25.8. The van der Waals surface area contributed by atoms with Gasteiger partial charge in [0.25, 0.3) is 6.71 Å². The molecule has 0 radical (unpaired) electrons. The van der Waals surface area contributed by atoms with Crippen LogP contribution in [-0.4, -0.2) is 6.71 Å². The van der Waals surface area contributed by atoms with Crippen molar-refractivity contribution in [2.24, 2.45) is 0 Å². The average molecular weight is 636 g/mol. The van der Waals surface area contributed by atoms with E-state index >= 15 is 0 Å². The molecule has 0 atom stereocenters. The first-order valence-electron chi connectivity index (χ1n) is 16.4. The Morgan fingerprint density at radius 1 is 0.604 bits per heavy atom. The van der Waals surface area contributed by atoms with E-state index in [0.29, 0.717) is 0 Å². The third kappa shape index (κ3) is 3.72. The van der Waals surface area contributed by atoms with E-state index in [1.807, 2.05) is 17.4 Å². The van der Waals surface area contributed by atoms with Gasteiger partial charge in [0, 0.05) is 60.4 Å². The number of nitrogens with zero attached hydrogens (tertiary/aromatic N) is 1. The molecule has 0 fully saturated rings. The topological polar surface area (TPSA) is 34.8 Å². The first-order chi connectivity index (χ1) is 23.8. The Kier molecular flexibility index (Phi) is 5.44. The number of allylic oxidation sites excluding steroid dienone is 1. The SMILES string of the molecule is C1=Cc2c(oc3c(N(c4ccccc4)c4ccc5c(c4)Oc4cccc6c4B5c4cc5c(cc4O6)sc4ccccc45)cccc23)CC1. The molecule has 48 heavy (non-hydrogen) atoms. The molecule has 0 N–H and O–H groups in total. The molecule has 226 valence electrons. The Morgan fingerprint density at radius 2 is 1.40 bits per heavy atom. The molecule has 4 nitrogen and oxygen atoms in total. The zero-order valence-corrected chi connectivity index (χ0v) is 26.6. The van der Waals surface area contributed by atoms with Crippen LogP contribution < -0.4 is 30.8 Å². The maximum absolute atomic E-state index is 6.76. The number of benzene rings is 6. The third-order valence-electron chi connectivity index (χ3n) is 10.0. The molecule has 11 rings (SSSR count). The molecule has 3 aliphatic rings. The van der Waals surface area contributed by atoms with Crippen molar-refractivity contribution in [3.63, 3.8) is 0 Å². The highest BCUT2D eigenvalue weighted by Gasteiger charge is 2.40. The predicted octanol–water partition coefficient (Wildman–Crippen LogP) is 9.96. The summed E-state index contributed by atoms with van der Waals surface area (Å²) in [7, 11) is 0. The van der Waals surface area contributed by atoms with Crippen molar-refractivity contribution in [1.29, 1.82) is 0 Å². The van der Waals surface area contributed by atoms with Crippen LogP contribution in [0.1, 0.15) is 17.7 Å². The van der Waals surface area contributed by atoms with Crippen LogP contribution in [0.3, 0.4) is 0 Å². The van der Waals surface area contributed by atoms with E-state index in [4.69, 9.17) is 13.9 Å². The van der Waals surface area contributed by atoms with E-state index < -0.39 is 0 Å². The molecule has 1 aliphatic carbocycles. The van der Waals surface area contributed by atoms with E-state index in [1.165, 1.54) is 31.2 Å². The van der Waals surface area contributed by atoms with Crippen LogP contribution in [0.4, 0.5) is 17.1 Å². The Bertz CT molecular complexity index is 2650. The van der Waals surface area contributed by atoms with Crippen LogP contribution >= 0.6 is 11.3 Å². The summed E-state index contributed by atoms with van der Waals surface area (Å²) >= 11 is 1.82. The fourth-order valence-corrected chi connectivity index (χ4v) is 9.03. The lowest BCUT2D eigenvalue weighted by molar-refractivity contribution is 0.465. The Balaban J connectivity index is 1.11. The molecule has 6 heteroatoms. The molecule has 0 bridgehead atoms. The van der Waals surface area contributed by atoms with Crippen LogP contribution in [-0.2, 0) is 6.42 Å². The largest absolute Gasteiger partial charge is 0.458 e. The summed E-state index contributed by atoms with van der Waals surface area (Å²) in [5, 5.41) is 3.69. The molecule has 4 heterocycles. The smallest absolute Gasteiger partial charge is 0.260 e. The zero-order chi connectivity index (χ0) is 31.3. The molecule has 8 aromatic rings. The first kappa shape index (κ1) is 26.4. The highest BCUT2D eigenvalue weighted by atomic mass is 32.1. The van der Waals surface area contributed by atoms with Crippen molar-refractivity contribution >= 4 is 88.7 Å². The van der Waals surface area contributed by atoms with Crippen molar-refractivity contribution < 1.29 is 13.9 Å². The van der Waals surface area contributed by atoms with Crippen molar-refractivity contribution in [2.45, 2.75) is 12.8 Å². The van der Waals surface area contributed by atoms with Gasteiger partial charge in [-0.05, 0) is 65.9 Å². The van der Waals surface area contributed by atoms with Crippen molar-refractivity contribution in [2.75, 3.05) is 4.90 Å². The van der Waals surface area contributed by atoms with Gasteiger partial charge in [0.1, 0.15) is 28.8 Å². The Hall–Kier alpha value is -5.72. The molecule has 2 aliphatic heterocycles. The van der Waals surface area contributed by atoms with E-state index in [1.54, 1.807) is 0 Å². The fourth-order valence-electron chi connectivity index (χ4n) is 7.91. The van der Waals surface area contributed by atoms with E-state index in [2.05, 4.69) is 132 Å². The minimum Gasteiger partial charge on any atom is -0.458 e. The fraction of sp³-hybridized carbons (Fsp3) is 0.0476. The molecular weight excluding hydrogens is 609 g/mol. The second kappa shape index (κ2) is 9.90. The van der Waals surface area contributed by atoms with Crippen LogP contribution in [0.25, 0.3) is 37.2 Å². The summed E-state index contributed by atoms with van der Waals surface area (Å²) in [6.45, 7) is -0.0157. The molecule has 6 aromatic carbocycles. The predicted molar refractivity (Wildman–Crippen MR) is 199 cm³/mol. The number of hydrogen-bond donors (Lipinski definition) is 0. The molecule has 0 saturated carbocycles. The van der Waals surface area contributed by atoms with E-state index in [9.17, 15) is 0 Å². The van der Waals surface area contributed by atoms with Crippen molar-refractivity contribution in [1.82, 2.24) is 0 Å². The maximum Gasteiger partial charge on any atom is 0.260 e. The summed E-state index contributed by atoms with van der Waals surface area (Å²) in [4.78, 5) is 2.29. The number of para-hydroxylation sites is 2. The van der Waals surface area contributed by atoms with Crippen LogP contribution in [0.2, 0.25) is 0 Å². The van der Waals surface area contributed by atoms with Crippen molar-refractivity contribution in [3.8, 4) is 23.0 Å². The number of fused-ring (bicyclic) bond motifs is 10. The van der Waals surface area contributed by atoms with Crippen LogP contribution in [0.15, 0.2) is 132 Å². The second-order valence-corrected chi connectivity index (χ2v) is 13.8. The summed E-state index contributed by atoms with van der Waals surface area (Å²) in [6.07, 6.45) is 6.36. The summed E-state index contributed by atoms with van der Waals surface area (Å²) in [5.41, 5.74) is 8.54. The van der Waals surface area contributed by atoms with Crippen LogP contribution in [0, 0.1) is 0 Å². The molecule has 0 unspecified atom stereocenters. The molecule has 2 aromatic heterocycles. The van der Waals surface area contributed by atoms with E-state index in [-0.39, 0.29) is 6.71 Å². The Morgan fingerprint density at radius 3 is 2.29 bits per heavy atom. The van der Waals surface area contributed by atoms with Crippen molar-refractivity contribution in [3.05, 3.63) is 139 Å². The van der Waals surface area contributed by atoms with Gasteiger partial charge >= 0.3 is 0 Å². The summed E-state index contributed by atoms with van der Waals surface area (Å²) in [6, 6.07) is 43.0. The normalized spacial score (nSPS) is 13.9. The highest BCUT2D eigenvalue weighted by Crippen LogP contribution is 2.45. The van der Waals surface area contributed by atoms with Gasteiger partial charge in [0.15, 0.2) is 5.58 Å². The number of ether oxygens (including phenoxy) is 2. The molecule has 0 amide bonds. The standard InChI is InChI=1S/C42H26BNO3S/c1-2-10-25(11-3-1)44(33-15-8-14-29-27-12-4-6-16-34(27)47-42(29)33)26-20-21-31-37(22-26)45-35-17-9-18-36-41(35)43(31)32-23-30-28-13-5-7-19-39(28)48-40(30)24-38(32)46-36/h1-5,7-15,17-24H,6,16H2.